The van der Waals surface area contributed by atoms with E-state index < -0.39 is 0 Å². The van der Waals surface area contributed by atoms with E-state index >= 15 is 0 Å². The highest BCUT2D eigenvalue weighted by Crippen LogP contribution is 2.19. The van der Waals surface area contributed by atoms with Gasteiger partial charge in [0.25, 0.3) is 0 Å². The predicted octanol–water partition coefficient (Wildman–Crippen LogP) is 1.03. The van der Waals surface area contributed by atoms with Crippen LogP contribution >= 0.6 is 12.4 Å². The number of nitrogens with zero attached hydrogens (tertiary/aromatic N) is 2. The Morgan fingerprint density at radius 1 is 1.25 bits per heavy atom. The van der Waals surface area contributed by atoms with Gasteiger partial charge in [-0.2, -0.15) is 0 Å². The van der Waals surface area contributed by atoms with Crippen molar-refractivity contribution in [3.63, 3.8) is 0 Å². The number of benzene rings is 1. The third kappa shape index (κ3) is 3.32. The Labute approximate surface area is 126 Å². The highest BCUT2D eigenvalue weighted by atomic mass is 35.5. The number of likely N-dealkylation sites (tertiary alicyclic amines) is 1. The van der Waals surface area contributed by atoms with E-state index in [1.807, 2.05) is 11.0 Å². The topological polar surface area (TPSA) is 49.6 Å². The van der Waals surface area contributed by atoms with Gasteiger partial charge in [-0.3, -0.25) is 9.69 Å². The van der Waals surface area contributed by atoms with Crippen molar-refractivity contribution >= 4 is 18.3 Å². The smallest absolute Gasteiger partial charge is 0.237 e. The molecular formula is C15H22ClN3O. The van der Waals surface area contributed by atoms with Crippen molar-refractivity contribution in [3.8, 4) is 0 Å². The summed E-state index contributed by atoms with van der Waals surface area (Å²) in [5, 5.41) is 0. The van der Waals surface area contributed by atoms with E-state index in [1.165, 1.54) is 11.1 Å². The summed E-state index contributed by atoms with van der Waals surface area (Å²) in [6.07, 6.45) is 1.98. The van der Waals surface area contributed by atoms with Crippen LogP contribution in [0, 0.1) is 0 Å². The number of nitrogens with two attached hydrogens (primary N) is 1. The molecule has 20 heavy (non-hydrogen) atoms. The van der Waals surface area contributed by atoms with Gasteiger partial charge in [0.2, 0.25) is 5.91 Å². The van der Waals surface area contributed by atoms with Crippen LogP contribution in [-0.2, 0) is 17.8 Å². The van der Waals surface area contributed by atoms with E-state index in [2.05, 4.69) is 23.1 Å². The monoisotopic (exact) mass is 295 g/mol. The largest absolute Gasteiger partial charge is 0.337 e. The SMILES string of the molecule is Cl.NC1CCN(CC(=O)N2CCc3ccccc3C2)C1. The van der Waals surface area contributed by atoms with Crippen molar-refractivity contribution in [1.82, 2.24) is 9.80 Å². The number of carbonyl (C=O) groups excluding carboxylic acids is 1. The molecule has 1 fully saturated rings. The molecule has 1 atom stereocenters. The van der Waals surface area contributed by atoms with Gasteiger partial charge in [0.05, 0.1) is 6.54 Å². The molecule has 1 unspecified atom stereocenters. The number of rotatable bonds is 2. The molecule has 0 radical (unpaired) electrons. The minimum absolute atomic E-state index is 0. The maximum absolute atomic E-state index is 12.3. The van der Waals surface area contributed by atoms with Gasteiger partial charge in [-0.1, -0.05) is 24.3 Å². The summed E-state index contributed by atoms with van der Waals surface area (Å²) in [5.41, 5.74) is 8.55. The lowest BCUT2D eigenvalue weighted by Crippen LogP contribution is -2.42. The molecule has 0 aliphatic carbocycles. The second-order valence-corrected chi connectivity index (χ2v) is 5.62. The quantitative estimate of drug-likeness (QED) is 0.886. The van der Waals surface area contributed by atoms with Crippen molar-refractivity contribution in [2.45, 2.75) is 25.4 Å². The van der Waals surface area contributed by atoms with Gasteiger partial charge in [-0.25, -0.2) is 0 Å². The lowest BCUT2D eigenvalue weighted by atomic mass is 10.00. The molecule has 2 N–H and O–H groups in total. The van der Waals surface area contributed by atoms with Gasteiger partial charge < -0.3 is 10.6 Å². The summed E-state index contributed by atoms with van der Waals surface area (Å²) in [7, 11) is 0. The van der Waals surface area contributed by atoms with Crippen LogP contribution in [-0.4, -0.2) is 47.9 Å². The van der Waals surface area contributed by atoms with E-state index in [-0.39, 0.29) is 24.4 Å². The van der Waals surface area contributed by atoms with Crippen molar-refractivity contribution in [3.05, 3.63) is 35.4 Å². The second kappa shape index (κ2) is 6.57. The van der Waals surface area contributed by atoms with Crippen molar-refractivity contribution in [2.24, 2.45) is 5.73 Å². The Bertz CT molecular complexity index is 480. The molecule has 1 saturated heterocycles. The van der Waals surface area contributed by atoms with E-state index in [0.29, 0.717) is 6.54 Å². The number of halogens is 1. The third-order valence-electron chi connectivity index (χ3n) is 4.15. The van der Waals surface area contributed by atoms with E-state index in [9.17, 15) is 4.79 Å². The number of amides is 1. The molecule has 0 saturated carbocycles. The van der Waals surface area contributed by atoms with Crippen LogP contribution in [0.4, 0.5) is 0 Å². The molecular weight excluding hydrogens is 274 g/mol. The number of fused-ring (bicyclic) bond motifs is 1. The summed E-state index contributed by atoms with van der Waals surface area (Å²) in [4.78, 5) is 16.5. The molecule has 1 amide bonds. The zero-order chi connectivity index (χ0) is 13.2. The molecule has 5 heteroatoms. The van der Waals surface area contributed by atoms with E-state index in [0.717, 1.165) is 39.0 Å². The molecule has 2 heterocycles. The summed E-state index contributed by atoms with van der Waals surface area (Å²) < 4.78 is 0. The van der Waals surface area contributed by atoms with Gasteiger partial charge in [0.15, 0.2) is 0 Å². The zero-order valence-corrected chi connectivity index (χ0v) is 12.4. The first-order chi connectivity index (χ1) is 9.22. The first-order valence-electron chi connectivity index (χ1n) is 7.05. The zero-order valence-electron chi connectivity index (χ0n) is 11.6. The highest BCUT2D eigenvalue weighted by Gasteiger charge is 2.25. The Morgan fingerprint density at radius 2 is 2.00 bits per heavy atom. The fourth-order valence-electron chi connectivity index (χ4n) is 3.01. The van der Waals surface area contributed by atoms with E-state index in [1.54, 1.807) is 0 Å². The second-order valence-electron chi connectivity index (χ2n) is 5.62. The molecule has 2 aliphatic heterocycles. The third-order valence-corrected chi connectivity index (χ3v) is 4.15. The van der Waals surface area contributed by atoms with Crippen LogP contribution in [0.5, 0.6) is 0 Å². The van der Waals surface area contributed by atoms with Gasteiger partial charge in [0, 0.05) is 32.2 Å². The number of hydrogen-bond acceptors (Lipinski definition) is 3. The van der Waals surface area contributed by atoms with Gasteiger partial charge in [-0.05, 0) is 24.0 Å². The minimum atomic E-state index is 0. The van der Waals surface area contributed by atoms with Crippen molar-refractivity contribution < 1.29 is 4.79 Å². The lowest BCUT2D eigenvalue weighted by molar-refractivity contribution is -0.133. The number of carbonyl (C=O) groups is 1. The Hall–Kier alpha value is -1.10. The highest BCUT2D eigenvalue weighted by molar-refractivity contribution is 5.85. The average molecular weight is 296 g/mol. The number of hydrogen-bond donors (Lipinski definition) is 1. The molecule has 1 aromatic carbocycles. The minimum Gasteiger partial charge on any atom is -0.337 e. The maximum atomic E-state index is 12.3. The molecule has 0 spiro atoms. The maximum Gasteiger partial charge on any atom is 0.237 e. The Kier molecular flexibility index (Phi) is 5.02. The summed E-state index contributed by atoms with van der Waals surface area (Å²) in [5.74, 6) is 0.239. The molecule has 0 aromatic heterocycles. The van der Waals surface area contributed by atoms with Crippen molar-refractivity contribution in [1.29, 1.82) is 0 Å². The molecule has 3 rings (SSSR count). The fraction of sp³-hybridized carbons (Fsp3) is 0.533. The fourth-order valence-corrected chi connectivity index (χ4v) is 3.01. The Balaban J connectivity index is 0.00000147. The predicted molar refractivity (Wildman–Crippen MR) is 81.8 cm³/mol. The lowest BCUT2D eigenvalue weighted by Gasteiger charge is -2.30. The molecule has 1 aromatic rings. The van der Waals surface area contributed by atoms with Crippen LogP contribution in [0.2, 0.25) is 0 Å². The average Bonchev–Trinajstić information content (AvgIpc) is 2.83. The van der Waals surface area contributed by atoms with Crippen LogP contribution in [0.3, 0.4) is 0 Å². The van der Waals surface area contributed by atoms with Crippen LogP contribution in [0.25, 0.3) is 0 Å². The van der Waals surface area contributed by atoms with Gasteiger partial charge in [-0.15, -0.1) is 12.4 Å². The van der Waals surface area contributed by atoms with Crippen LogP contribution < -0.4 is 5.73 Å². The molecule has 110 valence electrons. The van der Waals surface area contributed by atoms with Gasteiger partial charge in [0.1, 0.15) is 0 Å². The summed E-state index contributed by atoms with van der Waals surface area (Å²) >= 11 is 0. The standard InChI is InChI=1S/C15H21N3O.ClH/c16-14-6-7-17(10-14)11-15(19)18-8-5-12-3-1-2-4-13(12)9-18;/h1-4,14H,5-11,16H2;1H. The molecule has 0 bridgehead atoms. The first-order valence-corrected chi connectivity index (χ1v) is 7.05. The van der Waals surface area contributed by atoms with Crippen molar-refractivity contribution in [2.75, 3.05) is 26.2 Å². The van der Waals surface area contributed by atoms with Gasteiger partial charge >= 0.3 is 0 Å². The summed E-state index contributed by atoms with van der Waals surface area (Å²) in [6.45, 7) is 3.94. The van der Waals surface area contributed by atoms with Crippen LogP contribution in [0.15, 0.2) is 24.3 Å². The molecule has 2 aliphatic rings. The Morgan fingerprint density at radius 3 is 2.70 bits per heavy atom. The first kappa shape index (κ1) is 15.3. The normalized spacial score (nSPS) is 22.2. The summed E-state index contributed by atoms with van der Waals surface area (Å²) in [6, 6.07) is 8.65. The van der Waals surface area contributed by atoms with E-state index in [4.69, 9.17) is 5.73 Å². The van der Waals surface area contributed by atoms with Crippen LogP contribution in [0.1, 0.15) is 17.5 Å². The molecule has 4 nitrogen and oxygen atoms in total.